The number of likely N-dealkylation sites (N-methyl/N-ethyl adjacent to an activating group) is 1. The zero-order valence-electron chi connectivity index (χ0n) is 13.5. The Hall–Kier alpha value is -1.10. The van der Waals surface area contributed by atoms with Crippen LogP contribution < -0.4 is 16.4 Å². The Morgan fingerprint density at radius 1 is 1.05 bits per heavy atom. The first kappa shape index (κ1) is 18.9. The predicted molar refractivity (Wildman–Crippen MR) is 82.1 cm³/mol. The van der Waals surface area contributed by atoms with Gasteiger partial charge >= 0.3 is 0 Å². The first-order valence-corrected chi connectivity index (χ1v) is 7.51. The van der Waals surface area contributed by atoms with Crippen LogP contribution in [0.5, 0.6) is 0 Å². The summed E-state index contributed by atoms with van der Waals surface area (Å²) in [5, 5.41) is 5.43. The molecule has 2 amide bonds. The van der Waals surface area contributed by atoms with Crippen molar-refractivity contribution in [2.24, 2.45) is 23.5 Å². The first-order chi connectivity index (χ1) is 9.29. The minimum atomic E-state index is -0.454. The van der Waals surface area contributed by atoms with Crippen LogP contribution in [0.2, 0.25) is 0 Å². The molecule has 0 spiro atoms. The van der Waals surface area contributed by atoms with Gasteiger partial charge in [-0.2, -0.15) is 0 Å². The van der Waals surface area contributed by atoms with Gasteiger partial charge in [-0.25, -0.2) is 0 Å². The number of hydrogen-bond acceptors (Lipinski definition) is 3. The van der Waals surface area contributed by atoms with E-state index in [1.165, 1.54) is 0 Å². The predicted octanol–water partition coefficient (Wildman–Crippen LogP) is 1.27. The maximum absolute atomic E-state index is 12.1. The molecule has 118 valence electrons. The quantitative estimate of drug-likeness (QED) is 0.596. The number of hydrogen-bond donors (Lipinski definition) is 3. The summed E-state index contributed by atoms with van der Waals surface area (Å²) in [6.07, 6.45) is 1.96. The number of amides is 2. The highest BCUT2D eigenvalue weighted by molar-refractivity contribution is 5.87. The summed E-state index contributed by atoms with van der Waals surface area (Å²) in [4.78, 5) is 23.8. The van der Waals surface area contributed by atoms with Gasteiger partial charge in [-0.3, -0.25) is 9.59 Å². The van der Waals surface area contributed by atoms with Gasteiger partial charge in [-0.1, -0.05) is 27.7 Å². The van der Waals surface area contributed by atoms with Gasteiger partial charge in [0.2, 0.25) is 11.8 Å². The third-order valence-electron chi connectivity index (χ3n) is 3.22. The monoisotopic (exact) mass is 285 g/mol. The maximum Gasteiger partial charge on any atom is 0.242 e. The van der Waals surface area contributed by atoms with E-state index in [4.69, 9.17) is 5.73 Å². The topological polar surface area (TPSA) is 84.2 Å². The molecule has 5 nitrogen and oxygen atoms in total. The molecule has 0 bridgehead atoms. The van der Waals surface area contributed by atoms with Gasteiger partial charge in [0.05, 0.1) is 0 Å². The number of carbonyl (C=O) groups excluding carboxylic acids is 2. The van der Waals surface area contributed by atoms with Gasteiger partial charge in [0, 0.05) is 13.5 Å². The molecule has 0 aliphatic carbocycles. The average Bonchev–Trinajstić information content (AvgIpc) is 2.34. The van der Waals surface area contributed by atoms with E-state index in [-0.39, 0.29) is 17.7 Å². The third kappa shape index (κ3) is 8.15. The molecule has 5 heteroatoms. The van der Waals surface area contributed by atoms with Crippen LogP contribution in [0, 0.1) is 17.8 Å². The molecule has 0 aromatic carbocycles. The Labute approximate surface area is 123 Å². The van der Waals surface area contributed by atoms with Gasteiger partial charge in [0.25, 0.3) is 0 Å². The Balaban J connectivity index is 4.47. The molecule has 0 aromatic rings. The molecule has 0 fully saturated rings. The minimum absolute atomic E-state index is 0.0876. The van der Waals surface area contributed by atoms with E-state index in [9.17, 15) is 9.59 Å². The second kappa shape index (κ2) is 9.75. The van der Waals surface area contributed by atoms with E-state index in [1.54, 1.807) is 7.05 Å². The van der Waals surface area contributed by atoms with Crippen molar-refractivity contribution in [2.45, 2.75) is 53.0 Å². The van der Waals surface area contributed by atoms with Gasteiger partial charge in [0.1, 0.15) is 6.04 Å². The number of rotatable bonds is 9. The number of nitrogens with one attached hydrogen (secondary N) is 2. The zero-order valence-corrected chi connectivity index (χ0v) is 13.5. The van der Waals surface area contributed by atoms with Crippen LogP contribution >= 0.6 is 0 Å². The molecule has 0 rings (SSSR count). The van der Waals surface area contributed by atoms with Crippen molar-refractivity contribution in [1.29, 1.82) is 0 Å². The van der Waals surface area contributed by atoms with Crippen LogP contribution in [-0.2, 0) is 9.59 Å². The van der Waals surface area contributed by atoms with Gasteiger partial charge < -0.3 is 16.4 Å². The summed E-state index contributed by atoms with van der Waals surface area (Å²) in [6.45, 7) is 8.80. The Morgan fingerprint density at radius 3 is 2.00 bits per heavy atom. The second-order valence-electron chi connectivity index (χ2n) is 6.30. The highest BCUT2D eigenvalue weighted by Gasteiger charge is 2.22. The Morgan fingerprint density at radius 2 is 1.60 bits per heavy atom. The third-order valence-corrected chi connectivity index (χ3v) is 3.22. The van der Waals surface area contributed by atoms with Crippen LogP contribution in [0.25, 0.3) is 0 Å². The molecule has 0 aliphatic rings. The van der Waals surface area contributed by atoms with Crippen molar-refractivity contribution in [3.63, 3.8) is 0 Å². The standard InChI is InChI=1S/C15H31N3O2/c1-10(2)6-12(9-16)8-14(19)18-13(7-11(3)4)15(20)17-5/h10-13H,6-9,16H2,1-5H3,(H,17,20)(H,18,19). The van der Waals surface area contributed by atoms with Gasteiger partial charge in [0.15, 0.2) is 0 Å². The zero-order chi connectivity index (χ0) is 15.7. The number of carbonyl (C=O) groups is 2. The van der Waals surface area contributed by atoms with Crippen molar-refractivity contribution in [3.8, 4) is 0 Å². The minimum Gasteiger partial charge on any atom is -0.357 e. The lowest BCUT2D eigenvalue weighted by molar-refractivity contribution is -0.129. The lowest BCUT2D eigenvalue weighted by Gasteiger charge is -2.21. The maximum atomic E-state index is 12.1. The fraction of sp³-hybridized carbons (Fsp3) is 0.867. The van der Waals surface area contributed by atoms with E-state index >= 15 is 0 Å². The van der Waals surface area contributed by atoms with Crippen molar-refractivity contribution in [3.05, 3.63) is 0 Å². The molecular weight excluding hydrogens is 254 g/mol. The van der Waals surface area contributed by atoms with E-state index in [1.807, 2.05) is 13.8 Å². The molecule has 4 N–H and O–H groups in total. The molecule has 0 aliphatic heterocycles. The molecule has 0 heterocycles. The Kier molecular flexibility index (Phi) is 9.21. The van der Waals surface area contributed by atoms with Crippen molar-refractivity contribution in [2.75, 3.05) is 13.6 Å². The highest BCUT2D eigenvalue weighted by atomic mass is 16.2. The summed E-state index contributed by atoms with van der Waals surface area (Å²) in [5.74, 6) is 0.815. The van der Waals surface area contributed by atoms with E-state index in [2.05, 4.69) is 24.5 Å². The highest BCUT2D eigenvalue weighted by Crippen LogP contribution is 2.14. The van der Waals surface area contributed by atoms with Crippen LogP contribution in [0.4, 0.5) is 0 Å². The first-order valence-electron chi connectivity index (χ1n) is 7.51. The molecule has 0 aromatic heterocycles. The van der Waals surface area contributed by atoms with Gasteiger partial charge in [-0.15, -0.1) is 0 Å². The van der Waals surface area contributed by atoms with E-state index < -0.39 is 6.04 Å². The molecular formula is C15H31N3O2. The fourth-order valence-corrected chi connectivity index (χ4v) is 2.32. The van der Waals surface area contributed by atoms with Crippen LogP contribution in [0.15, 0.2) is 0 Å². The second-order valence-corrected chi connectivity index (χ2v) is 6.30. The molecule has 2 atom stereocenters. The summed E-state index contributed by atoms with van der Waals surface area (Å²) in [5.41, 5.74) is 5.71. The summed E-state index contributed by atoms with van der Waals surface area (Å²) >= 11 is 0. The summed E-state index contributed by atoms with van der Waals surface area (Å²) < 4.78 is 0. The van der Waals surface area contributed by atoms with Crippen LogP contribution in [-0.4, -0.2) is 31.4 Å². The van der Waals surface area contributed by atoms with Crippen molar-refractivity contribution < 1.29 is 9.59 Å². The van der Waals surface area contributed by atoms with Crippen molar-refractivity contribution in [1.82, 2.24) is 10.6 Å². The lowest BCUT2D eigenvalue weighted by atomic mass is 9.93. The fourth-order valence-electron chi connectivity index (χ4n) is 2.32. The molecule has 0 radical (unpaired) electrons. The smallest absolute Gasteiger partial charge is 0.242 e. The van der Waals surface area contributed by atoms with Crippen molar-refractivity contribution >= 4 is 11.8 Å². The van der Waals surface area contributed by atoms with Crippen LogP contribution in [0.1, 0.15) is 47.0 Å². The molecule has 2 unspecified atom stereocenters. The summed E-state index contributed by atoms with van der Waals surface area (Å²) in [6, 6.07) is -0.454. The molecule has 0 saturated heterocycles. The normalized spacial score (nSPS) is 14.2. The Bertz CT molecular complexity index is 303. The molecule has 0 saturated carbocycles. The van der Waals surface area contributed by atoms with Crippen LogP contribution in [0.3, 0.4) is 0 Å². The largest absolute Gasteiger partial charge is 0.357 e. The lowest BCUT2D eigenvalue weighted by Crippen LogP contribution is -2.47. The number of nitrogens with two attached hydrogens (primary N) is 1. The molecule has 20 heavy (non-hydrogen) atoms. The van der Waals surface area contributed by atoms with Gasteiger partial charge in [-0.05, 0) is 37.1 Å². The van der Waals surface area contributed by atoms with E-state index in [0.29, 0.717) is 31.2 Å². The van der Waals surface area contributed by atoms with E-state index in [0.717, 1.165) is 6.42 Å². The SMILES string of the molecule is CNC(=O)C(CC(C)C)NC(=O)CC(CN)CC(C)C. The summed E-state index contributed by atoms with van der Waals surface area (Å²) in [7, 11) is 1.59. The average molecular weight is 285 g/mol.